The van der Waals surface area contributed by atoms with Crippen LogP contribution in [0, 0.1) is 18.3 Å². The number of amides is 1. The molecule has 1 spiro atoms. The number of nitrogens with zero attached hydrogens (tertiary/aromatic N) is 2. The molecule has 148 valence electrons. The Kier molecular flexibility index (Phi) is 4.08. The predicted molar refractivity (Wildman–Crippen MR) is 113 cm³/mol. The Labute approximate surface area is 176 Å². The molecule has 0 aliphatic carbocycles. The summed E-state index contributed by atoms with van der Waals surface area (Å²) in [6, 6.07) is 17.6. The van der Waals surface area contributed by atoms with Crippen LogP contribution >= 0.6 is 11.8 Å². The summed E-state index contributed by atoms with van der Waals surface area (Å²) in [6.45, 7) is 2.04. The van der Waals surface area contributed by atoms with Crippen LogP contribution < -0.4 is 15.8 Å². The quantitative estimate of drug-likeness (QED) is 0.565. The minimum absolute atomic E-state index is 0.0698. The molecule has 0 bridgehead atoms. The van der Waals surface area contributed by atoms with E-state index in [-0.39, 0.29) is 23.2 Å². The van der Waals surface area contributed by atoms with E-state index >= 15 is 0 Å². The van der Waals surface area contributed by atoms with Gasteiger partial charge >= 0.3 is 0 Å². The average Bonchev–Trinajstić information content (AvgIpc) is 3.27. The molecule has 0 saturated carbocycles. The van der Waals surface area contributed by atoms with Gasteiger partial charge in [-0.3, -0.25) is 9.89 Å². The number of ether oxygens (including phenoxy) is 1. The topological polar surface area (TPSA) is 117 Å². The summed E-state index contributed by atoms with van der Waals surface area (Å²) >= 11 is 1.61. The van der Waals surface area contributed by atoms with E-state index in [4.69, 9.17) is 10.5 Å². The highest BCUT2D eigenvalue weighted by atomic mass is 32.2. The number of hydrogen-bond acceptors (Lipinski definition) is 6. The zero-order valence-electron chi connectivity index (χ0n) is 16.0. The van der Waals surface area contributed by atoms with Gasteiger partial charge in [0, 0.05) is 21.9 Å². The normalized spacial score (nSPS) is 19.1. The van der Waals surface area contributed by atoms with E-state index in [0.29, 0.717) is 28.3 Å². The highest BCUT2D eigenvalue weighted by Crippen LogP contribution is 2.54. The van der Waals surface area contributed by atoms with E-state index in [1.165, 1.54) is 5.56 Å². The summed E-state index contributed by atoms with van der Waals surface area (Å²) in [6.07, 6.45) is 0. The van der Waals surface area contributed by atoms with Crippen molar-refractivity contribution >= 4 is 23.4 Å². The molecule has 2 aliphatic rings. The van der Waals surface area contributed by atoms with Gasteiger partial charge in [0.2, 0.25) is 17.7 Å². The molecule has 1 amide bonds. The van der Waals surface area contributed by atoms with Crippen molar-refractivity contribution in [3.8, 4) is 11.9 Å². The number of H-pyrrole nitrogens is 1. The van der Waals surface area contributed by atoms with Crippen molar-refractivity contribution in [1.29, 1.82) is 5.26 Å². The minimum atomic E-state index is -1.39. The number of nitrogens with two attached hydrogens (primary N) is 1. The second-order valence-corrected chi connectivity index (χ2v) is 8.24. The number of carbonyl (C=O) groups excluding carboxylic acids is 1. The molecule has 1 atom stereocenters. The van der Waals surface area contributed by atoms with Gasteiger partial charge in [-0.2, -0.15) is 5.26 Å². The van der Waals surface area contributed by atoms with Gasteiger partial charge in [-0.05, 0) is 25.1 Å². The maximum atomic E-state index is 13.4. The Morgan fingerprint density at radius 1 is 1.23 bits per heavy atom. The van der Waals surface area contributed by atoms with E-state index in [1.54, 1.807) is 11.8 Å². The van der Waals surface area contributed by atoms with Gasteiger partial charge in [-0.25, -0.2) is 0 Å². The van der Waals surface area contributed by atoms with Crippen LogP contribution in [0.4, 0.5) is 5.69 Å². The molecule has 0 saturated heterocycles. The number of para-hydroxylation sites is 1. The standard InChI is InChI=1S/C22H17N5O2S/c1-12-6-8-13(9-7-12)30-11-17-18-20(27-26-17)29-19(24)15(10-23)22(18)14-4-2-3-5-16(14)25-21(22)28/h2-9H,11,24H2,1H3,(H,25,28)(H,26,27). The molecular weight excluding hydrogens is 398 g/mol. The molecule has 30 heavy (non-hydrogen) atoms. The number of thioether (sulfide) groups is 1. The molecule has 3 heterocycles. The summed E-state index contributed by atoms with van der Waals surface area (Å²) in [5, 5.41) is 20.1. The number of hydrogen-bond donors (Lipinski definition) is 3. The van der Waals surface area contributed by atoms with Gasteiger partial charge in [0.25, 0.3) is 0 Å². The van der Waals surface area contributed by atoms with Gasteiger partial charge in [0.05, 0.1) is 11.3 Å². The Bertz CT molecular complexity index is 1260. The monoisotopic (exact) mass is 415 g/mol. The van der Waals surface area contributed by atoms with Crippen LogP contribution in [-0.2, 0) is 16.0 Å². The van der Waals surface area contributed by atoms with Crippen molar-refractivity contribution in [2.75, 3.05) is 5.32 Å². The maximum absolute atomic E-state index is 13.4. The molecule has 2 aromatic carbocycles. The Morgan fingerprint density at radius 3 is 2.77 bits per heavy atom. The Balaban J connectivity index is 1.66. The minimum Gasteiger partial charge on any atom is -0.420 e. The number of fused-ring (bicyclic) bond motifs is 4. The first-order valence-electron chi connectivity index (χ1n) is 9.32. The molecular formula is C22H17N5O2S. The number of anilines is 1. The molecule has 8 heteroatoms. The molecule has 3 aromatic rings. The fraction of sp³-hybridized carbons (Fsp3) is 0.136. The van der Waals surface area contributed by atoms with Gasteiger partial charge in [-0.15, -0.1) is 16.9 Å². The fourth-order valence-corrected chi connectivity index (χ4v) is 4.92. The van der Waals surface area contributed by atoms with Crippen LogP contribution in [0.5, 0.6) is 5.88 Å². The lowest BCUT2D eigenvalue weighted by Gasteiger charge is -2.31. The van der Waals surface area contributed by atoms with Crippen molar-refractivity contribution in [2.24, 2.45) is 5.73 Å². The van der Waals surface area contributed by atoms with Gasteiger partial charge < -0.3 is 15.8 Å². The summed E-state index contributed by atoms with van der Waals surface area (Å²) in [4.78, 5) is 14.5. The molecule has 5 rings (SSSR count). The largest absolute Gasteiger partial charge is 0.420 e. The first-order valence-corrected chi connectivity index (χ1v) is 10.3. The number of aromatic amines is 1. The average molecular weight is 415 g/mol. The summed E-state index contributed by atoms with van der Waals surface area (Å²) in [7, 11) is 0. The number of carbonyl (C=O) groups is 1. The number of benzene rings is 2. The smallest absolute Gasteiger partial charge is 0.245 e. The molecule has 4 N–H and O–H groups in total. The Morgan fingerprint density at radius 2 is 2.00 bits per heavy atom. The first kappa shape index (κ1) is 18.3. The van der Waals surface area contributed by atoms with Crippen molar-refractivity contribution in [3.63, 3.8) is 0 Å². The number of aromatic nitrogens is 2. The summed E-state index contributed by atoms with van der Waals surface area (Å²) < 4.78 is 5.64. The van der Waals surface area contributed by atoms with Crippen LogP contribution in [-0.4, -0.2) is 16.1 Å². The number of rotatable bonds is 3. The van der Waals surface area contributed by atoms with E-state index in [1.807, 2.05) is 55.5 Å². The fourth-order valence-electron chi connectivity index (χ4n) is 4.07. The van der Waals surface area contributed by atoms with Crippen molar-refractivity contribution < 1.29 is 9.53 Å². The lowest BCUT2D eigenvalue weighted by atomic mass is 9.69. The van der Waals surface area contributed by atoms with Gasteiger partial charge in [-0.1, -0.05) is 35.9 Å². The third kappa shape index (κ3) is 2.46. The van der Waals surface area contributed by atoms with Gasteiger partial charge in [0.1, 0.15) is 17.1 Å². The van der Waals surface area contributed by atoms with E-state index in [9.17, 15) is 10.1 Å². The second kappa shape index (κ2) is 6.68. The van der Waals surface area contributed by atoms with Crippen LogP contribution in [0.2, 0.25) is 0 Å². The van der Waals surface area contributed by atoms with Crippen LogP contribution in [0.15, 0.2) is 64.9 Å². The molecule has 0 radical (unpaired) electrons. The predicted octanol–water partition coefficient (Wildman–Crippen LogP) is 3.33. The van der Waals surface area contributed by atoms with E-state index < -0.39 is 5.41 Å². The molecule has 0 fully saturated rings. The highest BCUT2D eigenvalue weighted by molar-refractivity contribution is 7.98. The maximum Gasteiger partial charge on any atom is 0.245 e. The second-order valence-electron chi connectivity index (χ2n) is 7.19. The van der Waals surface area contributed by atoms with Crippen molar-refractivity contribution in [2.45, 2.75) is 23.0 Å². The Hall–Kier alpha value is -3.70. The van der Waals surface area contributed by atoms with Crippen molar-refractivity contribution in [1.82, 2.24) is 10.2 Å². The van der Waals surface area contributed by atoms with Crippen LogP contribution in [0.25, 0.3) is 0 Å². The van der Waals surface area contributed by atoms with E-state index in [0.717, 1.165) is 4.90 Å². The van der Waals surface area contributed by atoms with Crippen LogP contribution in [0.3, 0.4) is 0 Å². The zero-order chi connectivity index (χ0) is 20.9. The first-order chi connectivity index (χ1) is 14.6. The number of aryl methyl sites for hydroxylation is 1. The summed E-state index contributed by atoms with van der Waals surface area (Å²) in [5.74, 6) is 0.291. The lowest BCUT2D eigenvalue weighted by Crippen LogP contribution is -2.42. The highest BCUT2D eigenvalue weighted by Gasteiger charge is 2.58. The number of nitriles is 1. The zero-order valence-corrected chi connectivity index (χ0v) is 16.8. The SMILES string of the molecule is Cc1ccc(SCc2[nH]nc3c2C2(C(=O)Nc4ccccc42)C(C#N)=C(N)O3)cc1. The lowest BCUT2D eigenvalue weighted by molar-refractivity contribution is -0.118. The van der Waals surface area contributed by atoms with E-state index in [2.05, 4.69) is 21.6 Å². The van der Waals surface area contributed by atoms with Crippen LogP contribution in [0.1, 0.15) is 22.4 Å². The van der Waals surface area contributed by atoms with Crippen molar-refractivity contribution in [3.05, 3.63) is 82.4 Å². The molecule has 1 unspecified atom stereocenters. The molecule has 1 aromatic heterocycles. The number of nitrogens with one attached hydrogen (secondary N) is 2. The molecule has 7 nitrogen and oxygen atoms in total. The third-order valence-electron chi connectivity index (χ3n) is 5.45. The third-order valence-corrected chi connectivity index (χ3v) is 6.49. The summed E-state index contributed by atoms with van der Waals surface area (Å²) in [5.41, 5.74) is 8.49. The molecule has 2 aliphatic heterocycles. The van der Waals surface area contributed by atoms with Gasteiger partial charge in [0.15, 0.2) is 0 Å².